The van der Waals surface area contributed by atoms with Gasteiger partial charge < -0.3 is 14.9 Å². The van der Waals surface area contributed by atoms with Crippen LogP contribution in [-0.2, 0) is 25.0 Å². The van der Waals surface area contributed by atoms with Crippen LogP contribution in [0, 0.1) is 13.8 Å². The fourth-order valence-corrected chi connectivity index (χ4v) is 2.61. The largest absolute Gasteiger partial charge is 0.394 e. The molecule has 2 rings (SSSR count). The van der Waals surface area contributed by atoms with Crippen molar-refractivity contribution in [1.29, 1.82) is 0 Å². The highest BCUT2D eigenvalue weighted by Crippen LogP contribution is 2.09. The molecule has 0 spiro atoms. The average Bonchev–Trinajstić information content (AvgIpc) is 2.62. The van der Waals surface area contributed by atoms with E-state index < -0.39 is 20.2 Å². The first kappa shape index (κ1) is 27.1. The first-order valence-corrected chi connectivity index (χ1v) is 11.2. The molecule has 0 fully saturated rings. The predicted octanol–water partition coefficient (Wildman–Crippen LogP) is 1.47. The van der Waals surface area contributed by atoms with E-state index >= 15 is 0 Å². The number of aliphatic hydroxyl groups is 2. The summed E-state index contributed by atoms with van der Waals surface area (Å²) in [4.78, 5) is -0.133. The van der Waals surface area contributed by atoms with Gasteiger partial charge in [0.05, 0.1) is 36.2 Å². The molecule has 0 aromatic heterocycles. The lowest BCUT2D eigenvalue weighted by Crippen LogP contribution is -2.03. The van der Waals surface area contributed by atoms with Crippen LogP contribution in [0.3, 0.4) is 0 Å². The zero-order chi connectivity index (χ0) is 22.5. The van der Waals surface area contributed by atoms with Crippen molar-refractivity contribution in [2.45, 2.75) is 23.6 Å². The summed E-state index contributed by atoms with van der Waals surface area (Å²) in [5, 5.41) is 16.2. The average molecular weight is 451 g/mol. The third kappa shape index (κ3) is 13.1. The second-order valence-corrected chi connectivity index (χ2v) is 8.48. The van der Waals surface area contributed by atoms with Crippen LogP contribution in [0.2, 0.25) is 0 Å². The van der Waals surface area contributed by atoms with E-state index in [-0.39, 0.29) is 23.0 Å². The lowest BCUT2D eigenvalue weighted by Gasteiger charge is -1.95. The molecule has 0 heterocycles. The van der Waals surface area contributed by atoms with Crippen LogP contribution in [0.4, 0.5) is 0 Å². The topological polar surface area (TPSA) is 158 Å². The van der Waals surface area contributed by atoms with Crippen molar-refractivity contribution in [3.05, 3.63) is 59.7 Å². The van der Waals surface area contributed by atoms with E-state index in [1.54, 1.807) is 24.3 Å². The standard InChI is InChI=1S/2C7H8O3S.C4H10O3/c2*1-6-2-4-7(5-3-6)11(8,9)10;5-1-3-7-4-2-6/h2*2-5H,1H3,(H,8,9,10);5-6H,1-4H2. The Morgan fingerprint density at radius 1 is 0.655 bits per heavy atom. The summed E-state index contributed by atoms with van der Waals surface area (Å²) in [6.45, 7) is 4.38. The Hall–Kier alpha value is -1.86. The normalized spacial score (nSPS) is 11.0. The van der Waals surface area contributed by atoms with Crippen molar-refractivity contribution in [3.8, 4) is 0 Å². The van der Waals surface area contributed by atoms with Crippen LogP contribution in [0.5, 0.6) is 0 Å². The fourth-order valence-electron chi connectivity index (χ4n) is 1.65. The van der Waals surface area contributed by atoms with E-state index in [0.29, 0.717) is 13.2 Å². The number of aryl methyl sites for hydroxylation is 2. The molecule has 0 unspecified atom stereocenters. The summed E-state index contributed by atoms with van der Waals surface area (Å²) in [6, 6.07) is 12.0. The van der Waals surface area contributed by atoms with E-state index in [1.807, 2.05) is 13.8 Å². The first-order chi connectivity index (χ1) is 13.4. The summed E-state index contributed by atoms with van der Waals surface area (Å²) in [5.41, 5.74) is 1.91. The van der Waals surface area contributed by atoms with Gasteiger partial charge >= 0.3 is 0 Å². The molecule has 4 N–H and O–H groups in total. The number of ether oxygens (including phenoxy) is 1. The van der Waals surface area contributed by atoms with Crippen LogP contribution in [0.25, 0.3) is 0 Å². The molecule has 0 bridgehead atoms. The smallest absolute Gasteiger partial charge is 0.294 e. The molecule has 0 radical (unpaired) electrons. The van der Waals surface area contributed by atoms with Crippen LogP contribution in [0.1, 0.15) is 11.1 Å². The molecule has 0 saturated carbocycles. The van der Waals surface area contributed by atoms with Gasteiger partial charge in [-0.1, -0.05) is 35.4 Å². The second-order valence-electron chi connectivity index (χ2n) is 5.64. The van der Waals surface area contributed by atoms with Crippen molar-refractivity contribution in [2.75, 3.05) is 26.4 Å². The predicted molar refractivity (Wildman–Crippen MR) is 107 cm³/mol. The van der Waals surface area contributed by atoms with Crippen molar-refractivity contribution < 1.29 is 40.9 Å². The van der Waals surface area contributed by atoms with Gasteiger partial charge in [-0.3, -0.25) is 9.11 Å². The monoisotopic (exact) mass is 450 g/mol. The maximum atomic E-state index is 10.5. The fraction of sp³-hybridized carbons (Fsp3) is 0.333. The Morgan fingerprint density at radius 2 is 0.931 bits per heavy atom. The lowest BCUT2D eigenvalue weighted by atomic mass is 10.2. The van der Waals surface area contributed by atoms with Gasteiger partial charge in [0.2, 0.25) is 0 Å². The molecule has 2 aromatic carbocycles. The molecule has 0 aliphatic heterocycles. The number of benzene rings is 2. The van der Waals surface area contributed by atoms with Gasteiger partial charge in [0.15, 0.2) is 0 Å². The van der Waals surface area contributed by atoms with Gasteiger partial charge in [0.25, 0.3) is 20.2 Å². The molecule has 0 amide bonds. The van der Waals surface area contributed by atoms with Crippen molar-refractivity contribution in [1.82, 2.24) is 0 Å². The molecular formula is C18H26O9S2. The first-order valence-electron chi connectivity index (χ1n) is 8.29. The van der Waals surface area contributed by atoms with E-state index in [0.717, 1.165) is 11.1 Å². The molecule has 164 valence electrons. The van der Waals surface area contributed by atoms with E-state index in [2.05, 4.69) is 4.74 Å². The Bertz CT molecular complexity index is 827. The highest BCUT2D eigenvalue weighted by Gasteiger charge is 2.07. The van der Waals surface area contributed by atoms with E-state index in [1.165, 1.54) is 24.3 Å². The van der Waals surface area contributed by atoms with Gasteiger partial charge in [-0.05, 0) is 38.1 Å². The molecule has 9 nitrogen and oxygen atoms in total. The van der Waals surface area contributed by atoms with E-state index in [4.69, 9.17) is 19.3 Å². The minimum absolute atomic E-state index is 0.0278. The van der Waals surface area contributed by atoms with Crippen LogP contribution in [-0.4, -0.2) is 62.6 Å². The van der Waals surface area contributed by atoms with Gasteiger partial charge in [-0.25, -0.2) is 0 Å². The van der Waals surface area contributed by atoms with Gasteiger partial charge in [-0.15, -0.1) is 0 Å². The van der Waals surface area contributed by atoms with Crippen molar-refractivity contribution >= 4 is 20.2 Å². The number of hydrogen-bond acceptors (Lipinski definition) is 7. The van der Waals surface area contributed by atoms with Crippen LogP contribution >= 0.6 is 0 Å². The Morgan fingerprint density at radius 3 is 1.14 bits per heavy atom. The molecule has 11 heteroatoms. The quantitative estimate of drug-likeness (QED) is 0.377. The van der Waals surface area contributed by atoms with Crippen molar-refractivity contribution in [2.24, 2.45) is 0 Å². The highest BCUT2D eigenvalue weighted by molar-refractivity contribution is 7.86. The van der Waals surface area contributed by atoms with Gasteiger partial charge in [0, 0.05) is 0 Å². The number of hydrogen-bond donors (Lipinski definition) is 4. The lowest BCUT2D eigenvalue weighted by molar-refractivity contribution is 0.0650. The molecule has 2 aromatic rings. The molecular weight excluding hydrogens is 424 g/mol. The van der Waals surface area contributed by atoms with Crippen LogP contribution in [0.15, 0.2) is 58.3 Å². The number of rotatable bonds is 6. The molecule has 29 heavy (non-hydrogen) atoms. The summed E-state index contributed by atoms with van der Waals surface area (Å²) in [7, 11) is -8.04. The minimum Gasteiger partial charge on any atom is -0.394 e. The summed E-state index contributed by atoms with van der Waals surface area (Å²) >= 11 is 0. The van der Waals surface area contributed by atoms with Crippen LogP contribution < -0.4 is 0 Å². The zero-order valence-corrected chi connectivity index (χ0v) is 17.7. The number of aliphatic hydroxyl groups excluding tert-OH is 2. The summed E-state index contributed by atoms with van der Waals surface area (Å²) < 4.78 is 63.7. The Kier molecular flexibility index (Phi) is 12.5. The maximum Gasteiger partial charge on any atom is 0.294 e. The van der Waals surface area contributed by atoms with Gasteiger partial charge in [-0.2, -0.15) is 16.8 Å². The molecule has 0 atom stereocenters. The molecule has 0 aliphatic carbocycles. The summed E-state index contributed by atoms with van der Waals surface area (Å²) in [5.74, 6) is 0. The summed E-state index contributed by atoms with van der Waals surface area (Å²) in [6.07, 6.45) is 0. The molecule has 0 saturated heterocycles. The minimum atomic E-state index is -4.02. The SMILES string of the molecule is Cc1ccc(S(=O)(=O)O)cc1.Cc1ccc(S(=O)(=O)O)cc1.OCCOCCO. The zero-order valence-electron chi connectivity index (χ0n) is 16.1. The Balaban J connectivity index is 0.000000419. The second kappa shape index (κ2) is 13.4. The van der Waals surface area contributed by atoms with Gasteiger partial charge in [0.1, 0.15) is 0 Å². The molecule has 0 aliphatic rings. The van der Waals surface area contributed by atoms with Crippen molar-refractivity contribution in [3.63, 3.8) is 0 Å². The Labute approximate surface area is 171 Å². The third-order valence-corrected chi connectivity index (χ3v) is 4.84. The van der Waals surface area contributed by atoms with E-state index in [9.17, 15) is 16.8 Å². The highest BCUT2D eigenvalue weighted by atomic mass is 32.2. The maximum absolute atomic E-state index is 10.5. The third-order valence-electron chi connectivity index (χ3n) is 3.11.